The van der Waals surface area contributed by atoms with Gasteiger partial charge in [0.05, 0.1) is 11.4 Å². The number of thiazole rings is 1. The van der Waals surface area contributed by atoms with Crippen molar-refractivity contribution in [1.82, 2.24) is 9.38 Å². The molecule has 3 aromatic rings. The molecule has 2 aromatic heterocycles. The van der Waals surface area contributed by atoms with E-state index in [0.717, 1.165) is 33.4 Å². The lowest BCUT2D eigenvalue weighted by Crippen LogP contribution is -2.15. The number of nitrogens with zero attached hydrogens (tertiary/aromatic N) is 2. The summed E-state index contributed by atoms with van der Waals surface area (Å²) in [5.74, 6) is 2.27. The zero-order valence-corrected chi connectivity index (χ0v) is 12.7. The number of imidazole rings is 1. The average molecular weight is 301 g/mol. The standard InChI is InChI=1S/C15H15N3O2S/c1-8-14(16)18-13(9(2)21-15(18)17-8)10-3-4-11-12(7-10)20-6-5-19-11/h3-4,7H,5-6,16H2,1-2H3. The quantitative estimate of drug-likeness (QED) is 0.750. The molecule has 0 fully saturated rings. The number of nitrogen functional groups attached to an aromatic ring is 1. The summed E-state index contributed by atoms with van der Waals surface area (Å²) < 4.78 is 13.3. The minimum atomic E-state index is 0.584. The summed E-state index contributed by atoms with van der Waals surface area (Å²) in [6.45, 7) is 5.20. The molecule has 0 unspecified atom stereocenters. The van der Waals surface area contributed by atoms with E-state index in [2.05, 4.69) is 11.9 Å². The van der Waals surface area contributed by atoms with Crippen molar-refractivity contribution in [2.24, 2.45) is 0 Å². The van der Waals surface area contributed by atoms with E-state index in [-0.39, 0.29) is 0 Å². The number of aromatic nitrogens is 2. The summed E-state index contributed by atoms with van der Waals surface area (Å²) in [5, 5.41) is 0. The van der Waals surface area contributed by atoms with Gasteiger partial charge in [0.25, 0.3) is 0 Å². The molecule has 0 amide bonds. The molecule has 0 bridgehead atoms. The maximum Gasteiger partial charge on any atom is 0.196 e. The Hall–Kier alpha value is -2.21. The van der Waals surface area contributed by atoms with E-state index in [1.807, 2.05) is 29.5 Å². The molecule has 0 radical (unpaired) electrons. The number of rotatable bonds is 1. The van der Waals surface area contributed by atoms with E-state index in [9.17, 15) is 0 Å². The topological polar surface area (TPSA) is 61.8 Å². The van der Waals surface area contributed by atoms with Crippen LogP contribution in [0.4, 0.5) is 5.82 Å². The van der Waals surface area contributed by atoms with Crippen LogP contribution in [0.3, 0.4) is 0 Å². The zero-order valence-electron chi connectivity index (χ0n) is 11.8. The summed E-state index contributed by atoms with van der Waals surface area (Å²) in [6, 6.07) is 6.00. The summed E-state index contributed by atoms with van der Waals surface area (Å²) in [6.07, 6.45) is 0. The molecular weight excluding hydrogens is 286 g/mol. The molecule has 0 aliphatic carbocycles. The van der Waals surface area contributed by atoms with E-state index >= 15 is 0 Å². The lowest BCUT2D eigenvalue weighted by atomic mass is 10.1. The fraction of sp³-hybridized carbons (Fsp3) is 0.267. The SMILES string of the molecule is Cc1nc2sc(C)c(-c3ccc4c(c3)OCCO4)n2c1N. The number of aryl methyl sites for hydroxylation is 2. The first-order chi connectivity index (χ1) is 10.1. The third-order valence-corrected chi connectivity index (χ3v) is 4.64. The number of fused-ring (bicyclic) bond motifs is 2. The molecule has 21 heavy (non-hydrogen) atoms. The van der Waals surface area contributed by atoms with E-state index in [1.54, 1.807) is 11.3 Å². The maximum absolute atomic E-state index is 6.18. The first-order valence-corrected chi connectivity index (χ1v) is 7.61. The molecule has 108 valence electrons. The van der Waals surface area contributed by atoms with Gasteiger partial charge in [-0.1, -0.05) is 0 Å². The Labute approximate surface area is 125 Å². The lowest BCUT2D eigenvalue weighted by Gasteiger charge is -2.19. The van der Waals surface area contributed by atoms with Crippen molar-refractivity contribution in [1.29, 1.82) is 0 Å². The molecule has 4 rings (SSSR count). The van der Waals surface area contributed by atoms with Crippen LogP contribution in [0.2, 0.25) is 0 Å². The third kappa shape index (κ3) is 1.79. The van der Waals surface area contributed by atoms with Crippen molar-refractivity contribution in [3.8, 4) is 22.8 Å². The molecule has 2 N–H and O–H groups in total. The second kappa shape index (κ2) is 4.39. The number of benzene rings is 1. The number of ether oxygens (including phenoxy) is 2. The second-order valence-corrected chi connectivity index (χ2v) is 6.25. The molecule has 3 heterocycles. The molecule has 0 saturated heterocycles. The van der Waals surface area contributed by atoms with Gasteiger partial charge in [0.15, 0.2) is 16.5 Å². The Morgan fingerprint density at radius 3 is 2.76 bits per heavy atom. The van der Waals surface area contributed by atoms with Crippen molar-refractivity contribution < 1.29 is 9.47 Å². The van der Waals surface area contributed by atoms with Gasteiger partial charge in [0, 0.05) is 10.4 Å². The van der Waals surface area contributed by atoms with Crippen LogP contribution >= 0.6 is 11.3 Å². The molecule has 1 aromatic carbocycles. The highest BCUT2D eigenvalue weighted by molar-refractivity contribution is 7.17. The maximum atomic E-state index is 6.18. The Balaban J connectivity index is 1.95. The fourth-order valence-electron chi connectivity index (χ4n) is 2.67. The van der Waals surface area contributed by atoms with Gasteiger partial charge >= 0.3 is 0 Å². The highest BCUT2D eigenvalue weighted by Gasteiger charge is 2.19. The molecule has 1 aliphatic heterocycles. The van der Waals surface area contributed by atoms with Crippen LogP contribution < -0.4 is 15.2 Å². The van der Waals surface area contributed by atoms with Crippen LogP contribution in [-0.2, 0) is 0 Å². The van der Waals surface area contributed by atoms with Crippen LogP contribution in [-0.4, -0.2) is 22.6 Å². The van der Waals surface area contributed by atoms with Crippen molar-refractivity contribution in [3.63, 3.8) is 0 Å². The predicted molar refractivity (Wildman–Crippen MR) is 83.4 cm³/mol. The highest BCUT2D eigenvalue weighted by atomic mass is 32.1. The van der Waals surface area contributed by atoms with Gasteiger partial charge in [-0.2, -0.15) is 0 Å². The van der Waals surface area contributed by atoms with Gasteiger partial charge in [-0.15, -0.1) is 11.3 Å². The van der Waals surface area contributed by atoms with Gasteiger partial charge in [-0.3, -0.25) is 4.40 Å². The van der Waals surface area contributed by atoms with Gasteiger partial charge in [-0.25, -0.2) is 4.98 Å². The van der Waals surface area contributed by atoms with Gasteiger partial charge in [0.2, 0.25) is 0 Å². The van der Waals surface area contributed by atoms with Gasteiger partial charge in [-0.05, 0) is 32.0 Å². The van der Waals surface area contributed by atoms with E-state index in [4.69, 9.17) is 15.2 Å². The summed E-state index contributed by atoms with van der Waals surface area (Å²) in [4.78, 5) is 6.61. The van der Waals surface area contributed by atoms with Crippen LogP contribution in [0, 0.1) is 13.8 Å². The Morgan fingerprint density at radius 1 is 1.19 bits per heavy atom. The lowest BCUT2D eigenvalue weighted by molar-refractivity contribution is 0.171. The van der Waals surface area contributed by atoms with Crippen molar-refractivity contribution in [2.45, 2.75) is 13.8 Å². The normalized spacial score (nSPS) is 13.8. The van der Waals surface area contributed by atoms with Gasteiger partial charge in [0.1, 0.15) is 19.0 Å². The molecule has 5 nitrogen and oxygen atoms in total. The van der Waals surface area contributed by atoms with E-state index in [1.165, 1.54) is 4.88 Å². The largest absolute Gasteiger partial charge is 0.486 e. The Morgan fingerprint density at radius 2 is 1.95 bits per heavy atom. The number of hydrogen-bond donors (Lipinski definition) is 1. The third-order valence-electron chi connectivity index (χ3n) is 3.68. The molecule has 0 saturated carbocycles. The Kier molecular flexibility index (Phi) is 2.62. The first-order valence-electron chi connectivity index (χ1n) is 6.79. The van der Waals surface area contributed by atoms with E-state index in [0.29, 0.717) is 19.0 Å². The van der Waals surface area contributed by atoms with Crippen LogP contribution in [0.5, 0.6) is 11.5 Å². The molecule has 1 aliphatic rings. The fourth-order valence-corrected chi connectivity index (χ4v) is 3.71. The smallest absolute Gasteiger partial charge is 0.196 e. The molecule has 0 spiro atoms. The second-order valence-electron chi connectivity index (χ2n) is 5.07. The van der Waals surface area contributed by atoms with E-state index < -0.39 is 0 Å². The van der Waals surface area contributed by atoms with Gasteiger partial charge < -0.3 is 15.2 Å². The summed E-state index contributed by atoms with van der Waals surface area (Å²) >= 11 is 1.65. The molecule has 6 heteroatoms. The van der Waals surface area contributed by atoms with Crippen molar-refractivity contribution >= 4 is 22.1 Å². The summed E-state index contributed by atoms with van der Waals surface area (Å²) in [7, 11) is 0. The predicted octanol–water partition coefficient (Wildman–Crippen LogP) is 3.03. The minimum absolute atomic E-state index is 0.584. The number of anilines is 1. The van der Waals surface area contributed by atoms with Crippen LogP contribution in [0.25, 0.3) is 16.2 Å². The summed E-state index contributed by atoms with van der Waals surface area (Å²) in [5.41, 5.74) is 9.18. The molecular formula is C15H15N3O2S. The molecule has 0 atom stereocenters. The zero-order chi connectivity index (χ0) is 14.6. The van der Waals surface area contributed by atoms with Crippen LogP contribution in [0.1, 0.15) is 10.6 Å². The highest BCUT2D eigenvalue weighted by Crippen LogP contribution is 2.39. The monoisotopic (exact) mass is 301 g/mol. The van der Waals surface area contributed by atoms with Crippen molar-refractivity contribution in [3.05, 3.63) is 28.8 Å². The number of hydrogen-bond acceptors (Lipinski definition) is 5. The van der Waals surface area contributed by atoms with Crippen LogP contribution in [0.15, 0.2) is 18.2 Å². The average Bonchev–Trinajstić information content (AvgIpc) is 2.94. The Bertz CT molecular complexity index is 850. The minimum Gasteiger partial charge on any atom is -0.486 e. The van der Waals surface area contributed by atoms with Crippen molar-refractivity contribution in [2.75, 3.05) is 18.9 Å². The number of nitrogens with two attached hydrogens (primary N) is 1. The first kappa shape index (κ1) is 12.5.